The Labute approximate surface area is 154 Å². The molecule has 130 valence electrons. The molecule has 0 saturated heterocycles. The first-order chi connectivity index (χ1) is 12.8. The summed E-state index contributed by atoms with van der Waals surface area (Å²) in [4.78, 5) is 0. The number of rotatable bonds is 4. The van der Waals surface area contributed by atoms with Crippen LogP contribution in [-0.4, -0.2) is 11.1 Å². The first kappa shape index (κ1) is 16.6. The van der Waals surface area contributed by atoms with Crippen LogP contribution in [0.1, 0.15) is 25.7 Å². The first-order valence-corrected chi connectivity index (χ1v) is 9.08. The lowest BCUT2D eigenvalue weighted by atomic mass is 9.64. The molecule has 26 heavy (non-hydrogen) atoms. The van der Waals surface area contributed by atoms with Crippen molar-refractivity contribution in [1.82, 2.24) is 0 Å². The fourth-order valence-corrected chi connectivity index (χ4v) is 3.69. The Bertz CT molecular complexity index is 761. The van der Waals surface area contributed by atoms with Crippen LogP contribution in [0.15, 0.2) is 105 Å². The molecule has 4 nitrogen and oxygen atoms in total. The number of nitrogens with zero attached hydrogens (tertiary/aromatic N) is 4. The summed E-state index contributed by atoms with van der Waals surface area (Å²) in [5.41, 5.74) is 1.01. The summed E-state index contributed by atoms with van der Waals surface area (Å²) in [5, 5.41) is 18.8. The lowest BCUT2D eigenvalue weighted by molar-refractivity contribution is 0.192. The molecule has 0 aliphatic heterocycles. The molecule has 0 saturated carbocycles. The fourth-order valence-electron chi connectivity index (χ4n) is 3.69. The largest absolute Gasteiger partial charge is 0.179 e. The first-order valence-electron chi connectivity index (χ1n) is 9.08. The van der Waals surface area contributed by atoms with Crippen LogP contribution in [-0.2, 0) is 0 Å². The van der Waals surface area contributed by atoms with Gasteiger partial charge in [-0.15, -0.1) is 0 Å². The predicted octanol–water partition coefficient (Wildman–Crippen LogP) is 6.73. The molecule has 0 bridgehead atoms. The summed E-state index contributed by atoms with van der Waals surface area (Å²) in [6.07, 6.45) is 12.2. The number of azo groups is 2. The van der Waals surface area contributed by atoms with Crippen LogP contribution in [0.2, 0.25) is 0 Å². The Morgan fingerprint density at radius 3 is 1.19 bits per heavy atom. The SMILES string of the molecule is C1=CCC2(N=Nc3ccccc3)CC=CCC2(N=Nc2ccccc2)C1. The molecule has 0 spiro atoms. The van der Waals surface area contributed by atoms with Gasteiger partial charge in [0.1, 0.15) is 11.1 Å². The average molecular weight is 342 g/mol. The van der Waals surface area contributed by atoms with E-state index in [-0.39, 0.29) is 11.1 Å². The quantitative estimate of drug-likeness (QED) is 0.437. The molecule has 2 aromatic carbocycles. The van der Waals surface area contributed by atoms with Crippen LogP contribution in [0.4, 0.5) is 11.4 Å². The van der Waals surface area contributed by atoms with Crippen molar-refractivity contribution in [3.63, 3.8) is 0 Å². The Kier molecular flexibility index (Phi) is 4.57. The second kappa shape index (κ2) is 7.16. The minimum atomic E-state index is -0.370. The van der Waals surface area contributed by atoms with Gasteiger partial charge >= 0.3 is 0 Å². The van der Waals surface area contributed by atoms with Gasteiger partial charge in [-0.1, -0.05) is 60.7 Å². The van der Waals surface area contributed by atoms with Crippen molar-refractivity contribution in [1.29, 1.82) is 0 Å². The van der Waals surface area contributed by atoms with E-state index in [0.29, 0.717) is 0 Å². The molecular formula is C22H22N4. The molecule has 2 aliphatic rings. The number of fused-ring (bicyclic) bond motifs is 1. The van der Waals surface area contributed by atoms with Crippen LogP contribution >= 0.6 is 0 Å². The smallest absolute Gasteiger partial charge is 0.116 e. The molecule has 0 heterocycles. The van der Waals surface area contributed by atoms with Gasteiger partial charge in [0.05, 0.1) is 11.4 Å². The summed E-state index contributed by atoms with van der Waals surface area (Å²) in [6, 6.07) is 19.8. The molecule has 0 atom stereocenters. The van der Waals surface area contributed by atoms with Crippen molar-refractivity contribution in [3.05, 3.63) is 85.0 Å². The second-order valence-corrected chi connectivity index (χ2v) is 6.89. The van der Waals surface area contributed by atoms with E-state index in [1.807, 2.05) is 60.7 Å². The molecule has 0 N–H and O–H groups in total. The molecule has 4 rings (SSSR count). The Hall–Kier alpha value is -2.88. The maximum absolute atomic E-state index is 4.86. The standard InChI is InChI=1S/C22H22N4/c1-3-11-19(12-4-1)23-25-21-15-7-9-17-22(21,18-10-8-16-21)26-24-20-13-5-2-6-14-20/h1-14H,15-18H2. The normalized spacial score (nSPS) is 27.8. The summed E-state index contributed by atoms with van der Waals surface area (Å²) < 4.78 is 0. The average Bonchev–Trinajstić information content (AvgIpc) is 2.72. The summed E-state index contributed by atoms with van der Waals surface area (Å²) >= 11 is 0. The monoisotopic (exact) mass is 342 g/mol. The third-order valence-electron chi connectivity index (χ3n) is 5.25. The minimum Gasteiger partial charge on any atom is -0.179 e. The van der Waals surface area contributed by atoms with E-state index in [0.717, 1.165) is 37.1 Å². The van der Waals surface area contributed by atoms with Crippen LogP contribution in [0.5, 0.6) is 0 Å². The summed E-state index contributed by atoms with van der Waals surface area (Å²) in [7, 11) is 0. The number of hydrogen-bond acceptors (Lipinski definition) is 4. The lowest BCUT2D eigenvalue weighted by Gasteiger charge is -2.46. The number of benzene rings is 2. The molecular weight excluding hydrogens is 320 g/mol. The summed E-state index contributed by atoms with van der Waals surface area (Å²) in [6.45, 7) is 0. The molecule has 2 aromatic rings. The maximum Gasteiger partial charge on any atom is 0.116 e. The van der Waals surface area contributed by atoms with Gasteiger partial charge in [0.15, 0.2) is 0 Å². The zero-order chi connectivity index (χ0) is 17.7. The van der Waals surface area contributed by atoms with Crippen LogP contribution in [0.25, 0.3) is 0 Å². The minimum absolute atomic E-state index is 0.370. The van der Waals surface area contributed by atoms with Gasteiger partial charge in [-0.2, -0.15) is 20.5 Å². The van der Waals surface area contributed by atoms with E-state index in [4.69, 9.17) is 10.2 Å². The van der Waals surface area contributed by atoms with Gasteiger partial charge < -0.3 is 0 Å². The van der Waals surface area contributed by atoms with Crippen molar-refractivity contribution in [3.8, 4) is 0 Å². The van der Waals surface area contributed by atoms with Gasteiger partial charge in [-0.05, 0) is 49.9 Å². The van der Waals surface area contributed by atoms with E-state index in [2.05, 4.69) is 34.5 Å². The van der Waals surface area contributed by atoms with E-state index in [1.54, 1.807) is 0 Å². The fraction of sp³-hybridized carbons (Fsp3) is 0.273. The predicted molar refractivity (Wildman–Crippen MR) is 104 cm³/mol. The molecule has 0 aromatic heterocycles. The molecule has 4 heteroatoms. The van der Waals surface area contributed by atoms with Crippen LogP contribution < -0.4 is 0 Å². The zero-order valence-corrected chi connectivity index (χ0v) is 14.7. The lowest BCUT2D eigenvalue weighted by Crippen LogP contribution is -2.53. The van der Waals surface area contributed by atoms with Crippen molar-refractivity contribution in [2.24, 2.45) is 20.5 Å². The van der Waals surface area contributed by atoms with Crippen molar-refractivity contribution in [2.75, 3.05) is 0 Å². The summed E-state index contributed by atoms with van der Waals surface area (Å²) in [5.74, 6) is 0. The third-order valence-corrected chi connectivity index (χ3v) is 5.25. The Morgan fingerprint density at radius 2 is 0.846 bits per heavy atom. The van der Waals surface area contributed by atoms with E-state index in [9.17, 15) is 0 Å². The molecule has 0 radical (unpaired) electrons. The van der Waals surface area contributed by atoms with Crippen LogP contribution in [0.3, 0.4) is 0 Å². The van der Waals surface area contributed by atoms with E-state index < -0.39 is 0 Å². The van der Waals surface area contributed by atoms with Gasteiger partial charge in [0.2, 0.25) is 0 Å². The van der Waals surface area contributed by atoms with Gasteiger partial charge in [-0.25, -0.2) is 0 Å². The Balaban J connectivity index is 1.71. The van der Waals surface area contributed by atoms with Crippen molar-refractivity contribution in [2.45, 2.75) is 36.8 Å². The molecule has 0 amide bonds. The van der Waals surface area contributed by atoms with Gasteiger partial charge in [-0.3, -0.25) is 0 Å². The molecule has 0 fully saturated rings. The highest BCUT2D eigenvalue weighted by Gasteiger charge is 2.53. The zero-order valence-electron chi connectivity index (χ0n) is 14.7. The highest BCUT2D eigenvalue weighted by Crippen LogP contribution is 2.49. The van der Waals surface area contributed by atoms with Crippen molar-refractivity contribution >= 4 is 11.4 Å². The topological polar surface area (TPSA) is 49.4 Å². The third kappa shape index (κ3) is 3.15. The Morgan fingerprint density at radius 1 is 0.500 bits per heavy atom. The van der Waals surface area contributed by atoms with Crippen LogP contribution in [0, 0.1) is 0 Å². The second-order valence-electron chi connectivity index (χ2n) is 6.89. The van der Waals surface area contributed by atoms with E-state index in [1.165, 1.54) is 0 Å². The van der Waals surface area contributed by atoms with E-state index >= 15 is 0 Å². The highest BCUT2D eigenvalue weighted by atomic mass is 15.2. The van der Waals surface area contributed by atoms with Gasteiger partial charge in [0, 0.05) is 0 Å². The van der Waals surface area contributed by atoms with Crippen molar-refractivity contribution < 1.29 is 0 Å². The maximum atomic E-state index is 4.86. The number of hydrogen-bond donors (Lipinski definition) is 0. The molecule has 0 unspecified atom stereocenters. The molecule has 2 aliphatic carbocycles. The van der Waals surface area contributed by atoms with Gasteiger partial charge in [0.25, 0.3) is 0 Å². The highest BCUT2D eigenvalue weighted by molar-refractivity contribution is 5.37.